The van der Waals surface area contributed by atoms with E-state index >= 15 is 0 Å². The molecule has 5 heteroatoms. The highest BCUT2D eigenvalue weighted by Crippen LogP contribution is 2.28. The lowest BCUT2D eigenvalue weighted by Crippen LogP contribution is -2.38. The minimum Gasteiger partial charge on any atom is -0.352 e. The number of amides is 1. The number of thioether (sulfide) groups is 1. The second-order valence-electron chi connectivity index (χ2n) is 5.79. The Balaban J connectivity index is 1.58. The summed E-state index contributed by atoms with van der Waals surface area (Å²) in [5.74, 6) is 1.51. The van der Waals surface area contributed by atoms with Gasteiger partial charge in [0, 0.05) is 22.1 Å². The fraction of sp³-hybridized carbons (Fsp3) is 0.389. The largest absolute Gasteiger partial charge is 0.352 e. The predicted molar refractivity (Wildman–Crippen MR) is 98.2 cm³/mol. The molecule has 1 aromatic heterocycles. The van der Waals surface area contributed by atoms with E-state index in [1.54, 1.807) is 23.1 Å². The molecule has 2 N–H and O–H groups in total. The van der Waals surface area contributed by atoms with Crippen LogP contribution in [-0.2, 0) is 5.75 Å². The van der Waals surface area contributed by atoms with Crippen LogP contribution in [0, 0.1) is 5.92 Å². The summed E-state index contributed by atoms with van der Waals surface area (Å²) in [6, 6.07) is 12.1. The highest BCUT2D eigenvalue weighted by Gasteiger charge is 2.16. The number of benzene rings is 1. The van der Waals surface area contributed by atoms with Gasteiger partial charge in [-0.25, -0.2) is 0 Å². The van der Waals surface area contributed by atoms with E-state index in [0.717, 1.165) is 35.8 Å². The maximum atomic E-state index is 12.5. The number of carbonyl (C=O) groups is 1. The van der Waals surface area contributed by atoms with Crippen LogP contribution >= 0.6 is 23.1 Å². The van der Waals surface area contributed by atoms with Gasteiger partial charge >= 0.3 is 0 Å². The predicted octanol–water partition coefficient (Wildman–Crippen LogP) is 3.77. The van der Waals surface area contributed by atoms with E-state index in [4.69, 9.17) is 0 Å². The van der Waals surface area contributed by atoms with Crippen LogP contribution in [0.1, 0.15) is 28.1 Å². The molecule has 1 amide bonds. The molecule has 0 saturated carbocycles. The third-order valence-corrected chi connectivity index (χ3v) is 6.21. The standard InChI is InChI=1S/C18H22N2OS2/c21-18(20-12-14-5-3-9-19-11-14)16-7-1-2-8-17(16)23-13-15-6-4-10-22-15/h1-2,4,6-8,10,14,19H,3,5,9,11-13H2,(H,20,21). The van der Waals surface area contributed by atoms with Crippen molar-refractivity contribution >= 4 is 29.0 Å². The lowest BCUT2D eigenvalue weighted by molar-refractivity contribution is 0.0942. The van der Waals surface area contributed by atoms with Crippen molar-refractivity contribution in [1.29, 1.82) is 0 Å². The number of hydrogen-bond acceptors (Lipinski definition) is 4. The van der Waals surface area contributed by atoms with E-state index in [-0.39, 0.29) is 5.91 Å². The summed E-state index contributed by atoms with van der Waals surface area (Å²) in [6.07, 6.45) is 2.40. The molecule has 1 aromatic carbocycles. The second-order valence-corrected chi connectivity index (χ2v) is 7.84. The Kier molecular flexibility index (Phi) is 6.13. The molecule has 1 fully saturated rings. The van der Waals surface area contributed by atoms with Crippen molar-refractivity contribution in [2.45, 2.75) is 23.5 Å². The van der Waals surface area contributed by atoms with Gasteiger partial charge in [0.2, 0.25) is 0 Å². The van der Waals surface area contributed by atoms with Gasteiger partial charge in [-0.2, -0.15) is 0 Å². The fourth-order valence-electron chi connectivity index (χ4n) is 2.75. The van der Waals surface area contributed by atoms with E-state index in [1.807, 2.05) is 24.3 Å². The van der Waals surface area contributed by atoms with Crippen LogP contribution in [0.5, 0.6) is 0 Å². The van der Waals surface area contributed by atoms with Gasteiger partial charge in [0.05, 0.1) is 5.56 Å². The average Bonchev–Trinajstić information content (AvgIpc) is 3.12. The van der Waals surface area contributed by atoms with Gasteiger partial charge in [-0.3, -0.25) is 4.79 Å². The SMILES string of the molecule is O=C(NCC1CCCNC1)c1ccccc1SCc1cccs1. The molecule has 3 rings (SSSR count). The van der Waals surface area contributed by atoms with Gasteiger partial charge in [-0.15, -0.1) is 23.1 Å². The van der Waals surface area contributed by atoms with Crippen molar-refractivity contribution in [2.75, 3.05) is 19.6 Å². The van der Waals surface area contributed by atoms with Gasteiger partial charge in [0.25, 0.3) is 5.91 Å². The lowest BCUT2D eigenvalue weighted by Gasteiger charge is -2.23. The average molecular weight is 347 g/mol. The van der Waals surface area contributed by atoms with Gasteiger partial charge < -0.3 is 10.6 Å². The van der Waals surface area contributed by atoms with E-state index in [9.17, 15) is 4.79 Å². The Morgan fingerprint density at radius 2 is 2.22 bits per heavy atom. The zero-order valence-corrected chi connectivity index (χ0v) is 14.7. The summed E-state index contributed by atoms with van der Waals surface area (Å²) in [7, 11) is 0. The summed E-state index contributed by atoms with van der Waals surface area (Å²) in [6.45, 7) is 2.87. The Morgan fingerprint density at radius 1 is 1.30 bits per heavy atom. The number of nitrogens with one attached hydrogen (secondary N) is 2. The first-order chi connectivity index (χ1) is 11.3. The Labute approximate surface area is 145 Å². The Morgan fingerprint density at radius 3 is 3.00 bits per heavy atom. The van der Waals surface area contributed by atoms with Crippen LogP contribution in [0.25, 0.3) is 0 Å². The molecule has 1 saturated heterocycles. The highest BCUT2D eigenvalue weighted by atomic mass is 32.2. The van der Waals surface area contributed by atoms with E-state index in [0.29, 0.717) is 5.92 Å². The molecule has 2 aromatic rings. The monoisotopic (exact) mass is 346 g/mol. The normalized spacial score (nSPS) is 17.8. The van der Waals surface area contributed by atoms with Crippen LogP contribution < -0.4 is 10.6 Å². The minimum absolute atomic E-state index is 0.0462. The molecule has 1 unspecified atom stereocenters. The Bertz CT molecular complexity index is 622. The van der Waals surface area contributed by atoms with Crippen molar-refractivity contribution in [3.05, 3.63) is 52.2 Å². The summed E-state index contributed by atoms with van der Waals surface area (Å²) in [5.41, 5.74) is 0.790. The molecule has 0 radical (unpaired) electrons. The maximum absolute atomic E-state index is 12.5. The first kappa shape index (κ1) is 16.6. The van der Waals surface area contributed by atoms with Crippen molar-refractivity contribution in [1.82, 2.24) is 10.6 Å². The van der Waals surface area contributed by atoms with E-state index in [2.05, 4.69) is 28.1 Å². The molecule has 122 valence electrons. The summed E-state index contributed by atoms with van der Waals surface area (Å²) < 4.78 is 0. The smallest absolute Gasteiger partial charge is 0.252 e. The first-order valence-corrected chi connectivity index (χ1v) is 9.92. The quantitative estimate of drug-likeness (QED) is 0.782. The topological polar surface area (TPSA) is 41.1 Å². The maximum Gasteiger partial charge on any atom is 0.252 e. The van der Waals surface area contributed by atoms with Crippen LogP contribution in [0.3, 0.4) is 0 Å². The van der Waals surface area contributed by atoms with Crippen molar-refractivity contribution in [3.63, 3.8) is 0 Å². The summed E-state index contributed by atoms with van der Waals surface area (Å²) in [4.78, 5) is 14.9. The zero-order chi connectivity index (χ0) is 15.9. The molecule has 0 spiro atoms. The van der Waals surface area contributed by atoms with E-state index < -0.39 is 0 Å². The number of piperidine rings is 1. The summed E-state index contributed by atoms with van der Waals surface area (Å²) >= 11 is 3.49. The van der Waals surface area contributed by atoms with Crippen LogP contribution in [-0.4, -0.2) is 25.5 Å². The van der Waals surface area contributed by atoms with Gasteiger partial charge in [0.15, 0.2) is 0 Å². The molecule has 3 nitrogen and oxygen atoms in total. The molecular formula is C18H22N2OS2. The van der Waals surface area contributed by atoms with Crippen LogP contribution in [0.4, 0.5) is 0 Å². The van der Waals surface area contributed by atoms with Crippen molar-refractivity contribution < 1.29 is 4.79 Å². The molecule has 23 heavy (non-hydrogen) atoms. The van der Waals surface area contributed by atoms with E-state index in [1.165, 1.54) is 17.7 Å². The Hall–Kier alpha value is -1.30. The van der Waals surface area contributed by atoms with Crippen molar-refractivity contribution in [2.24, 2.45) is 5.92 Å². The molecule has 0 aliphatic carbocycles. The number of thiophene rings is 1. The number of rotatable bonds is 6. The molecular weight excluding hydrogens is 324 g/mol. The molecule has 1 aliphatic heterocycles. The van der Waals surface area contributed by atoms with Crippen LogP contribution in [0.15, 0.2) is 46.7 Å². The van der Waals surface area contributed by atoms with Gasteiger partial charge in [-0.05, 0) is 55.4 Å². The number of carbonyl (C=O) groups excluding carboxylic acids is 1. The summed E-state index contributed by atoms with van der Waals surface area (Å²) in [5, 5.41) is 8.59. The highest BCUT2D eigenvalue weighted by molar-refractivity contribution is 7.98. The zero-order valence-electron chi connectivity index (χ0n) is 13.1. The second kappa shape index (κ2) is 8.52. The third kappa shape index (κ3) is 4.83. The third-order valence-electron chi connectivity index (χ3n) is 4.03. The van der Waals surface area contributed by atoms with Crippen LogP contribution in [0.2, 0.25) is 0 Å². The molecule has 0 bridgehead atoms. The lowest BCUT2D eigenvalue weighted by atomic mass is 10.00. The minimum atomic E-state index is 0.0462. The molecule has 1 atom stereocenters. The number of hydrogen-bond donors (Lipinski definition) is 2. The van der Waals surface area contributed by atoms with Crippen molar-refractivity contribution in [3.8, 4) is 0 Å². The van der Waals surface area contributed by atoms with Gasteiger partial charge in [0.1, 0.15) is 0 Å². The van der Waals surface area contributed by atoms with Gasteiger partial charge in [-0.1, -0.05) is 18.2 Å². The first-order valence-electron chi connectivity index (χ1n) is 8.06. The molecule has 2 heterocycles. The molecule has 1 aliphatic rings. The fourth-order valence-corrected chi connectivity index (χ4v) is 4.58.